The summed E-state index contributed by atoms with van der Waals surface area (Å²) in [7, 11) is 0. The minimum absolute atomic E-state index is 0.308. The minimum atomic E-state index is -0.308. The number of para-hydroxylation sites is 1. The summed E-state index contributed by atoms with van der Waals surface area (Å²) >= 11 is 2.21. The van der Waals surface area contributed by atoms with Gasteiger partial charge in [0.15, 0.2) is 11.5 Å². The van der Waals surface area contributed by atoms with Crippen LogP contribution in [-0.2, 0) is 0 Å². The van der Waals surface area contributed by atoms with Crippen LogP contribution in [0.15, 0.2) is 77.9 Å². The second-order valence-electron chi connectivity index (χ2n) is 7.33. The van der Waals surface area contributed by atoms with Gasteiger partial charge >= 0.3 is 0 Å². The second-order valence-corrected chi connectivity index (χ2v) is 8.50. The quantitative estimate of drug-likeness (QED) is 0.160. The molecule has 0 bridgehead atoms. The van der Waals surface area contributed by atoms with Crippen LogP contribution in [0.5, 0.6) is 11.5 Å². The fourth-order valence-corrected chi connectivity index (χ4v) is 4.34. The molecule has 3 aromatic carbocycles. The van der Waals surface area contributed by atoms with Crippen molar-refractivity contribution in [3.05, 3.63) is 87.5 Å². The largest absolute Gasteiger partial charge is 0.490 e. The van der Waals surface area contributed by atoms with E-state index in [4.69, 9.17) is 14.5 Å². The first-order valence-corrected chi connectivity index (χ1v) is 12.1. The van der Waals surface area contributed by atoms with E-state index >= 15 is 0 Å². The molecule has 1 amide bonds. The summed E-state index contributed by atoms with van der Waals surface area (Å²) in [5.74, 6) is 1.05. The Morgan fingerprint density at radius 2 is 1.74 bits per heavy atom. The third-order valence-electron chi connectivity index (χ3n) is 5.03. The van der Waals surface area contributed by atoms with Gasteiger partial charge in [0.2, 0.25) is 0 Å². The number of nitrogens with one attached hydrogen (secondary N) is 1. The van der Waals surface area contributed by atoms with Gasteiger partial charge in [0.05, 0.1) is 39.8 Å². The molecule has 4 rings (SSSR count). The molecule has 1 N–H and O–H groups in total. The number of amides is 1. The van der Waals surface area contributed by atoms with Crippen molar-refractivity contribution in [1.29, 1.82) is 0 Å². The number of ether oxygens (including phenoxy) is 2. The Bertz CT molecular complexity index is 1340. The van der Waals surface area contributed by atoms with E-state index in [1.165, 1.54) is 0 Å². The van der Waals surface area contributed by atoms with Crippen LogP contribution in [0.4, 0.5) is 0 Å². The van der Waals surface area contributed by atoms with Gasteiger partial charge in [0.25, 0.3) is 5.91 Å². The number of carbonyl (C=O) groups is 1. The predicted molar refractivity (Wildman–Crippen MR) is 144 cm³/mol. The molecular formula is C27H24IN3O3. The van der Waals surface area contributed by atoms with Crippen molar-refractivity contribution in [3.8, 4) is 22.8 Å². The van der Waals surface area contributed by atoms with Crippen LogP contribution in [0, 0.1) is 3.57 Å². The van der Waals surface area contributed by atoms with Gasteiger partial charge in [-0.25, -0.2) is 10.4 Å². The number of hydrogen-bond donors (Lipinski definition) is 1. The van der Waals surface area contributed by atoms with Crippen molar-refractivity contribution in [2.24, 2.45) is 5.10 Å². The van der Waals surface area contributed by atoms with Crippen LogP contribution in [0.3, 0.4) is 0 Å². The number of hydrazone groups is 1. The Labute approximate surface area is 212 Å². The number of rotatable bonds is 8. The van der Waals surface area contributed by atoms with Crippen LogP contribution in [-0.4, -0.2) is 30.3 Å². The summed E-state index contributed by atoms with van der Waals surface area (Å²) in [6.07, 6.45) is 1.60. The lowest BCUT2D eigenvalue weighted by molar-refractivity contribution is 0.0956. The third kappa shape index (κ3) is 5.36. The van der Waals surface area contributed by atoms with Crippen molar-refractivity contribution >= 4 is 45.6 Å². The Kier molecular flexibility index (Phi) is 7.74. The molecule has 172 valence electrons. The molecule has 6 nitrogen and oxygen atoms in total. The number of hydrogen-bond acceptors (Lipinski definition) is 5. The van der Waals surface area contributed by atoms with E-state index < -0.39 is 0 Å². The highest BCUT2D eigenvalue weighted by molar-refractivity contribution is 14.1. The van der Waals surface area contributed by atoms with Gasteiger partial charge in [-0.2, -0.15) is 5.10 Å². The molecule has 34 heavy (non-hydrogen) atoms. The maximum atomic E-state index is 13.1. The number of aromatic nitrogens is 1. The maximum Gasteiger partial charge on any atom is 0.272 e. The summed E-state index contributed by atoms with van der Waals surface area (Å²) in [6.45, 7) is 4.92. The Balaban J connectivity index is 1.62. The molecule has 0 atom stereocenters. The summed E-state index contributed by atoms with van der Waals surface area (Å²) in [5, 5.41) is 4.97. The van der Waals surface area contributed by atoms with E-state index in [2.05, 4.69) is 33.1 Å². The van der Waals surface area contributed by atoms with E-state index in [0.29, 0.717) is 30.3 Å². The number of halogens is 1. The van der Waals surface area contributed by atoms with Crippen LogP contribution < -0.4 is 14.9 Å². The molecule has 4 aromatic rings. The number of fused-ring (bicyclic) bond motifs is 1. The van der Waals surface area contributed by atoms with Gasteiger partial charge in [-0.15, -0.1) is 0 Å². The van der Waals surface area contributed by atoms with Gasteiger partial charge in [-0.05, 0) is 66.3 Å². The zero-order valence-corrected chi connectivity index (χ0v) is 21.1. The second kappa shape index (κ2) is 11.1. The molecule has 0 aliphatic heterocycles. The molecule has 0 aliphatic carbocycles. The number of benzene rings is 3. The Morgan fingerprint density at radius 3 is 2.50 bits per heavy atom. The summed E-state index contributed by atoms with van der Waals surface area (Å²) in [6, 6.07) is 23.0. The van der Waals surface area contributed by atoms with E-state index in [1.54, 1.807) is 12.3 Å². The van der Waals surface area contributed by atoms with Crippen molar-refractivity contribution < 1.29 is 14.3 Å². The average Bonchev–Trinajstić information content (AvgIpc) is 2.86. The minimum Gasteiger partial charge on any atom is -0.490 e. The lowest BCUT2D eigenvalue weighted by Gasteiger charge is -2.13. The molecular weight excluding hydrogens is 541 g/mol. The zero-order valence-electron chi connectivity index (χ0n) is 18.9. The van der Waals surface area contributed by atoms with Crippen LogP contribution in [0.25, 0.3) is 22.2 Å². The van der Waals surface area contributed by atoms with Crippen molar-refractivity contribution in [1.82, 2.24) is 10.4 Å². The van der Waals surface area contributed by atoms with E-state index in [1.807, 2.05) is 80.6 Å². The van der Waals surface area contributed by atoms with Crippen molar-refractivity contribution in [2.45, 2.75) is 13.8 Å². The maximum absolute atomic E-state index is 13.1. The van der Waals surface area contributed by atoms with Crippen molar-refractivity contribution in [3.63, 3.8) is 0 Å². The molecule has 7 heteroatoms. The van der Waals surface area contributed by atoms with Gasteiger partial charge in [-0.3, -0.25) is 4.79 Å². The van der Waals surface area contributed by atoms with E-state index in [9.17, 15) is 4.79 Å². The highest BCUT2D eigenvalue weighted by atomic mass is 127. The zero-order chi connectivity index (χ0) is 23.9. The standard InChI is InChI=1S/C27H24IN3O3/c1-3-33-25-15-18(14-22(28)26(25)34-4-2)17-29-31-27(32)21-16-24(19-10-6-5-7-11-19)30-23-13-9-8-12-20(21)23/h5-17H,3-4H2,1-2H3,(H,31,32)/b29-17-. The molecule has 1 heterocycles. The van der Waals surface area contributed by atoms with Gasteiger partial charge in [0, 0.05) is 10.9 Å². The highest BCUT2D eigenvalue weighted by Crippen LogP contribution is 2.34. The monoisotopic (exact) mass is 565 g/mol. The summed E-state index contributed by atoms with van der Waals surface area (Å²) < 4.78 is 12.3. The van der Waals surface area contributed by atoms with Gasteiger partial charge < -0.3 is 9.47 Å². The van der Waals surface area contributed by atoms with E-state index in [-0.39, 0.29) is 5.91 Å². The van der Waals surface area contributed by atoms with Crippen LogP contribution >= 0.6 is 22.6 Å². The van der Waals surface area contributed by atoms with Crippen LogP contribution in [0.1, 0.15) is 29.8 Å². The molecule has 1 aromatic heterocycles. The predicted octanol–water partition coefficient (Wildman–Crippen LogP) is 6.07. The lowest BCUT2D eigenvalue weighted by Crippen LogP contribution is -2.18. The summed E-state index contributed by atoms with van der Waals surface area (Å²) in [5.41, 5.74) is 6.39. The van der Waals surface area contributed by atoms with E-state index in [0.717, 1.165) is 31.3 Å². The fourth-order valence-electron chi connectivity index (χ4n) is 3.56. The first kappa shape index (κ1) is 23.7. The number of pyridine rings is 1. The van der Waals surface area contributed by atoms with Crippen molar-refractivity contribution in [2.75, 3.05) is 13.2 Å². The molecule has 0 saturated heterocycles. The molecule has 0 fully saturated rings. The third-order valence-corrected chi connectivity index (χ3v) is 5.83. The first-order valence-electron chi connectivity index (χ1n) is 11.0. The van der Waals surface area contributed by atoms with Gasteiger partial charge in [0.1, 0.15) is 0 Å². The van der Waals surface area contributed by atoms with Crippen LogP contribution in [0.2, 0.25) is 0 Å². The smallest absolute Gasteiger partial charge is 0.272 e. The molecule has 0 unspecified atom stereocenters. The summed E-state index contributed by atoms with van der Waals surface area (Å²) in [4.78, 5) is 17.8. The molecule has 0 saturated carbocycles. The number of carbonyl (C=O) groups excluding carboxylic acids is 1. The normalized spacial score (nSPS) is 11.0. The topological polar surface area (TPSA) is 72.8 Å². The Hall–Kier alpha value is -3.46. The Morgan fingerprint density at radius 1 is 1.00 bits per heavy atom. The van der Waals surface area contributed by atoms with Gasteiger partial charge in [-0.1, -0.05) is 48.5 Å². The average molecular weight is 565 g/mol. The highest BCUT2D eigenvalue weighted by Gasteiger charge is 2.14. The molecule has 0 aliphatic rings. The molecule has 0 radical (unpaired) electrons. The SMILES string of the molecule is CCOc1cc(/C=N\NC(=O)c2cc(-c3ccccc3)nc3ccccc23)cc(I)c1OCC. The lowest BCUT2D eigenvalue weighted by atomic mass is 10.0. The molecule has 0 spiro atoms. The first-order chi connectivity index (χ1) is 16.6. The number of nitrogens with zero attached hydrogens (tertiary/aromatic N) is 2. The fraction of sp³-hybridized carbons (Fsp3) is 0.148.